The summed E-state index contributed by atoms with van der Waals surface area (Å²) in [5, 5.41) is 0. The highest BCUT2D eigenvalue weighted by molar-refractivity contribution is 9.10. The number of para-hydroxylation sites is 2. The molecule has 0 bridgehead atoms. The summed E-state index contributed by atoms with van der Waals surface area (Å²) in [4.78, 5) is 23.8. The molecule has 0 aliphatic heterocycles. The van der Waals surface area contributed by atoms with E-state index >= 15 is 0 Å². The zero-order valence-electron chi connectivity index (χ0n) is 13.2. The summed E-state index contributed by atoms with van der Waals surface area (Å²) in [5.41, 5.74) is 0.466. The lowest BCUT2D eigenvalue weighted by atomic mass is 10.1. The number of carbonyl (C=O) groups is 2. The minimum atomic E-state index is -0.623. The number of hydrogen-bond donors (Lipinski definition) is 0. The summed E-state index contributed by atoms with van der Waals surface area (Å²) in [6, 6.07) is 14.0. The van der Waals surface area contributed by atoms with E-state index in [1.807, 2.05) is 13.0 Å². The molecule has 0 aliphatic rings. The molecule has 0 N–H and O–H groups in total. The molecule has 6 heteroatoms. The molecule has 0 amide bonds. The third kappa shape index (κ3) is 5.09. The summed E-state index contributed by atoms with van der Waals surface area (Å²) in [6.45, 7) is 1.72. The average Bonchev–Trinajstić information content (AvgIpc) is 2.59. The average molecular weight is 393 g/mol. The van der Waals surface area contributed by atoms with Crippen LogP contribution in [0.5, 0.6) is 11.5 Å². The normalized spacial score (nSPS) is 10.1. The number of Topliss-reactive ketones (excluding diaryl/α,β-unsaturated/α-hetero) is 1. The van der Waals surface area contributed by atoms with Crippen LogP contribution in [0, 0.1) is 0 Å². The fraction of sp³-hybridized carbons (Fsp3) is 0.222. The van der Waals surface area contributed by atoms with Gasteiger partial charge in [-0.25, -0.2) is 4.79 Å². The third-order valence-electron chi connectivity index (χ3n) is 3.03. The van der Waals surface area contributed by atoms with Crippen molar-refractivity contribution in [1.29, 1.82) is 0 Å². The largest absolute Gasteiger partial charge is 0.490 e. The van der Waals surface area contributed by atoms with Crippen molar-refractivity contribution in [2.24, 2.45) is 0 Å². The number of rotatable bonds is 8. The molecule has 2 aromatic carbocycles. The Labute approximate surface area is 148 Å². The summed E-state index contributed by atoms with van der Waals surface area (Å²) in [7, 11) is 0. The maximum atomic E-state index is 12.0. The van der Waals surface area contributed by atoms with E-state index in [1.165, 1.54) is 0 Å². The lowest BCUT2D eigenvalue weighted by molar-refractivity contribution is -0.144. The van der Waals surface area contributed by atoms with Crippen LogP contribution < -0.4 is 9.47 Å². The summed E-state index contributed by atoms with van der Waals surface area (Å²) < 4.78 is 16.4. The summed E-state index contributed by atoms with van der Waals surface area (Å²) in [5.74, 6) is 0.0952. The maximum Gasteiger partial charge on any atom is 0.344 e. The minimum absolute atomic E-state index is 0.287. The van der Waals surface area contributed by atoms with Crippen molar-refractivity contribution < 1.29 is 23.8 Å². The zero-order valence-corrected chi connectivity index (χ0v) is 14.7. The first kappa shape index (κ1) is 18.0. The van der Waals surface area contributed by atoms with Gasteiger partial charge in [0.25, 0.3) is 0 Å². The number of benzene rings is 2. The molecular formula is C18H17BrO5. The monoisotopic (exact) mass is 392 g/mol. The number of carbonyl (C=O) groups excluding carboxylic acids is 2. The topological polar surface area (TPSA) is 61.8 Å². The quantitative estimate of drug-likeness (QED) is 0.506. The minimum Gasteiger partial charge on any atom is -0.490 e. The second-order valence-electron chi connectivity index (χ2n) is 4.73. The fourth-order valence-corrected chi connectivity index (χ4v) is 2.44. The van der Waals surface area contributed by atoms with E-state index in [1.54, 1.807) is 42.5 Å². The van der Waals surface area contributed by atoms with Crippen LogP contribution in [-0.2, 0) is 9.53 Å². The highest BCUT2D eigenvalue weighted by Crippen LogP contribution is 2.26. The molecular weight excluding hydrogens is 376 g/mol. The second-order valence-corrected chi connectivity index (χ2v) is 5.59. The summed E-state index contributed by atoms with van der Waals surface area (Å²) >= 11 is 3.29. The molecule has 0 fully saturated rings. The first-order chi connectivity index (χ1) is 11.6. The van der Waals surface area contributed by atoms with Gasteiger partial charge in [0.05, 0.1) is 6.61 Å². The standard InChI is InChI=1S/C18H17BrO5/c1-2-22-16-9-5-6-10-17(16)23-12-18(21)24-11-15(20)13-7-3-4-8-14(13)19/h3-10H,2,11-12H2,1H3. The molecule has 2 aromatic rings. The molecule has 126 valence electrons. The van der Waals surface area contributed by atoms with Gasteiger partial charge in [0.15, 0.2) is 24.7 Å². The second kappa shape index (κ2) is 9.08. The van der Waals surface area contributed by atoms with Crippen LogP contribution in [-0.4, -0.2) is 31.6 Å². The van der Waals surface area contributed by atoms with E-state index in [2.05, 4.69) is 15.9 Å². The molecule has 0 heterocycles. The Morgan fingerprint density at radius 1 is 0.917 bits per heavy atom. The molecule has 0 aromatic heterocycles. The van der Waals surface area contributed by atoms with Gasteiger partial charge in [-0.05, 0) is 25.1 Å². The lowest BCUT2D eigenvalue weighted by Gasteiger charge is -2.11. The number of ketones is 1. The van der Waals surface area contributed by atoms with E-state index < -0.39 is 5.97 Å². The number of esters is 1. The fourth-order valence-electron chi connectivity index (χ4n) is 1.93. The Balaban J connectivity index is 1.84. The van der Waals surface area contributed by atoms with Gasteiger partial charge in [-0.3, -0.25) is 4.79 Å². The maximum absolute atomic E-state index is 12.0. The van der Waals surface area contributed by atoms with Crippen molar-refractivity contribution in [2.45, 2.75) is 6.92 Å². The van der Waals surface area contributed by atoms with Crippen LogP contribution in [0.2, 0.25) is 0 Å². The molecule has 2 rings (SSSR count). The van der Waals surface area contributed by atoms with Crippen molar-refractivity contribution in [3.05, 3.63) is 58.6 Å². The number of halogens is 1. The molecule has 24 heavy (non-hydrogen) atoms. The van der Waals surface area contributed by atoms with Crippen LogP contribution in [0.25, 0.3) is 0 Å². The van der Waals surface area contributed by atoms with E-state index in [-0.39, 0.29) is 19.0 Å². The predicted octanol–water partition coefficient (Wildman–Crippen LogP) is 3.65. The van der Waals surface area contributed by atoms with Crippen LogP contribution in [0.15, 0.2) is 53.0 Å². The molecule has 0 unspecified atom stereocenters. The molecule has 0 saturated carbocycles. The number of hydrogen-bond acceptors (Lipinski definition) is 5. The first-order valence-corrected chi connectivity index (χ1v) is 8.19. The smallest absolute Gasteiger partial charge is 0.344 e. The van der Waals surface area contributed by atoms with Crippen molar-refractivity contribution >= 4 is 27.7 Å². The van der Waals surface area contributed by atoms with Crippen molar-refractivity contribution in [3.63, 3.8) is 0 Å². The van der Waals surface area contributed by atoms with Gasteiger partial charge in [0.2, 0.25) is 5.78 Å². The third-order valence-corrected chi connectivity index (χ3v) is 3.72. The van der Waals surface area contributed by atoms with Crippen LogP contribution >= 0.6 is 15.9 Å². The van der Waals surface area contributed by atoms with Crippen molar-refractivity contribution in [2.75, 3.05) is 19.8 Å². The van der Waals surface area contributed by atoms with Gasteiger partial charge in [-0.2, -0.15) is 0 Å². The number of ether oxygens (including phenoxy) is 3. The first-order valence-electron chi connectivity index (χ1n) is 7.39. The Bertz CT molecular complexity index is 714. The van der Waals surface area contributed by atoms with Gasteiger partial charge in [0, 0.05) is 10.0 Å². The highest BCUT2D eigenvalue weighted by atomic mass is 79.9. The molecule has 0 radical (unpaired) electrons. The molecule has 5 nitrogen and oxygen atoms in total. The predicted molar refractivity (Wildman–Crippen MR) is 92.5 cm³/mol. The van der Waals surface area contributed by atoms with E-state index in [0.29, 0.717) is 28.1 Å². The van der Waals surface area contributed by atoms with Gasteiger partial charge >= 0.3 is 5.97 Å². The van der Waals surface area contributed by atoms with Gasteiger partial charge in [0.1, 0.15) is 0 Å². The highest BCUT2D eigenvalue weighted by Gasteiger charge is 2.13. The zero-order chi connectivity index (χ0) is 17.4. The Morgan fingerprint density at radius 3 is 2.21 bits per heavy atom. The van der Waals surface area contributed by atoms with Crippen molar-refractivity contribution in [3.8, 4) is 11.5 Å². The molecule has 0 saturated heterocycles. The van der Waals surface area contributed by atoms with Crippen molar-refractivity contribution in [1.82, 2.24) is 0 Å². The summed E-state index contributed by atoms with van der Waals surface area (Å²) in [6.07, 6.45) is 0. The Hall–Kier alpha value is -2.34. The van der Waals surface area contributed by atoms with Gasteiger partial charge in [-0.1, -0.05) is 46.3 Å². The van der Waals surface area contributed by atoms with E-state index in [4.69, 9.17) is 14.2 Å². The van der Waals surface area contributed by atoms with E-state index in [9.17, 15) is 9.59 Å². The van der Waals surface area contributed by atoms with Crippen LogP contribution in [0.3, 0.4) is 0 Å². The SMILES string of the molecule is CCOc1ccccc1OCC(=O)OCC(=O)c1ccccc1Br. The molecule has 0 aliphatic carbocycles. The van der Waals surface area contributed by atoms with Crippen LogP contribution in [0.1, 0.15) is 17.3 Å². The molecule has 0 spiro atoms. The Kier molecular flexibility index (Phi) is 6.81. The molecule has 0 atom stereocenters. The van der Waals surface area contributed by atoms with Gasteiger partial charge in [-0.15, -0.1) is 0 Å². The van der Waals surface area contributed by atoms with E-state index in [0.717, 1.165) is 0 Å². The van der Waals surface area contributed by atoms with Gasteiger partial charge < -0.3 is 14.2 Å². The van der Waals surface area contributed by atoms with Crippen LogP contribution in [0.4, 0.5) is 0 Å². The lowest BCUT2D eigenvalue weighted by Crippen LogP contribution is -2.20. The Morgan fingerprint density at radius 2 is 1.54 bits per heavy atom.